The van der Waals surface area contributed by atoms with Crippen molar-refractivity contribution in [3.63, 3.8) is 0 Å². The molecule has 0 amide bonds. The van der Waals surface area contributed by atoms with Crippen LogP contribution in [0, 0.1) is 6.92 Å². The maximum atomic E-state index is 13.6. The summed E-state index contributed by atoms with van der Waals surface area (Å²) in [7, 11) is -3.90. The Kier molecular flexibility index (Phi) is 6.24. The first kappa shape index (κ1) is 22.6. The molecule has 0 spiro atoms. The zero-order valence-corrected chi connectivity index (χ0v) is 19.3. The predicted octanol–water partition coefficient (Wildman–Crippen LogP) is 5.27. The number of carbonyl (C=O) groups is 1. The van der Waals surface area contributed by atoms with Crippen LogP contribution < -0.4 is 4.74 Å². The highest BCUT2D eigenvalue weighted by Crippen LogP contribution is 2.31. The van der Waals surface area contributed by atoms with Crippen LogP contribution in [0.5, 0.6) is 5.75 Å². The third kappa shape index (κ3) is 4.50. The predicted molar refractivity (Wildman–Crippen MR) is 128 cm³/mol. The number of ether oxygens (including phenoxy) is 1. The van der Waals surface area contributed by atoms with Crippen molar-refractivity contribution in [3.8, 4) is 16.9 Å². The minimum absolute atomic E-state index is 0.0689. The number of carboxylic acids is 1. The van der Waals surface area contributed by atoms with Crippen LogP contribution in [0.4, 0.5) is 0 Å². The average molecular weight is 464 g/mol. The number of hydrogen-bond donors (Lipinski definition) is 1. The molecular weight excluding hydrogens is 438 g/mol. The molecule has 33 heavy (non-hydrogen) atoms. The molecule has 0 aliphatic heterocycles. The fourth-order valence-electron chi connectivity index (χ4n) is 4.01. The first-order valence-corrected chi connectivity index (χ1v) is 12.2. The molecule has 4 rings (SSSR count). The van der Waals surface area contributed by atoms with Crippen LogP contribution >= 0.6 is 0 Å². The van der Waals surface area contributed by atoms with Crippen molar-refractivity contribution in [3.05, 3.63) is 84.1 Å². The molecule has 0 bridgehead atoms. The second-order valence-corrected chi connectivity index (χ2v) is 9.62. The Morgan fingerprint density at radius 3 is 2.55 bits per heavy atom. The number of aliphatic carboxylic acids is 1. The van der Waals surface area contributed by atoms with Crippen LogP contribution in [-0.2, 0) is 21.2 Å². The summed E-state index contributed by atoms with van der Waals surface area (Å²) in [5.74, 6) is -0.150. The number of hydrogen-bond acceptors (Lipinski definition) is 4. The Bertz CT molecular complexity index is 1440. The second-order valence-electron chi connectivity index (χ2n) is 7.80. The number of aromatic nitrogens is 1. The summed E-state index contributed by atoms with van der Waals surface area (Å²) in [6, 6.07) is 19.8. The molecule has 3 aromatic carbocycles. The number of para-hydroxylation sites is 1. The van der Waals surface area contributed by atoms with Crippen LogP contribution in [0.1, 0.15) is 24.5 Å². The van der Waals surface area contributed by atoms with Gasteiger partial charge in [0.25, 0.3) is 10.0 Å². The van der Waals surface area contributed by atoms with E-state index < -0.39 is 16.0 Å². The Morgan fingerprint density at radius 1 is 1.03 bits per heavy atom. The smallest absolute Gasteiger partial charge is 0.303 e. The summed E-state index contributed by atoms with van der Waals surface area (Å²) in [6.45, 7) is 4.47. The van der Waals surface area contributed by atoms with E-state index in [1.165, 1.54) is 10.2 Å². The lowest BCUT2D eigenvalue weighted by Crippen LogP contribution is -2.12. The molecular formula is C26H25NO5S. The van der Waals surface area contributed by atoms with Gasteiger partial charge in [-0.25, -0.2) is 12.4 Å². The van der Waals surface area contributed by atoms with Gasteiger partial charge in [-0.1, -0.05) is 36.4 Å². The van der Waals surface area contributed by atoms with Crippen LogP contribution in [0.15, 0.2) is 77.8 Å². The van der Waals surface area contributed by atoms with E-state index in [1.807, 2.05) is 50.2 Å². The van der Waals surface area contributed by atoms with Gasteiger partial charge in [0.1, 0.15) is 5.75 Å². The van der Waals surface area contributed by atoms with Gasteiger partial charge in [-0.05, 0) is 72.9 Å². The summed E-state index contributed by atoms with van der Waals surface area (Å²) in [5.41, 5.74) is 3.92. The van der Waals surface area contributed by atoms with Crippen molar-refractivity contribution >= 4 is 26.9 Å². The van der Waals surface area contributed by atoms with Gasteiger partial charge in [0, 0.05) is 18.0 Å². The molecule has 6 nitrogen and oxygen atoms in total. The van der Waals surface area contributed by atoms with Crippen molar-refractivity contribution in [2.45, 2.75) is 31.6 Å². The fourth-order valence-corrected chi connectivity index (χ4v) is 5.45. The normalized spacial score (nSPS) is 11.6. The lowest BCUT2D eigenvalue weighted by molar-refractivity contribution is -0.136. The zero-order chi connectivity index (χ0) is 23.6. The molecule has 0 unspecified atom stereocenters. The monoisotopic (exact) mass is 463 g/mol. The standard InChI is InChI=1S/C26H25NO5S/c1-3-32-21-12-13-23(18(2)15-21)19-7-6-8-22(16-19)33(30,31)27-17-20(11-14-26(28)29)24-9-4-5-10-25(24)27/h4-10,12-13,15-17H,3,11,14H2,1-2H3,(H,28,29). The van der Waals surface area contributed by atoms with E-state index in [0.717, 1.165) is 27.8 Å². The van der Waals surface area contributed by atoms with Gasteiger partial charge in [-0.2, -0.15) is 0 Å². The van der Waals surface area contributed by atoms with Gasteiger partial charge in [0.2, 0.25) is 0 Å². The Morgan fingerprint density at radius 2 is 1.82 bits per heavy atom. The van der Waals surface area contributed by atoms with Gasteiger partial charge in [-0.15, -0.1) is 0 Å². The highest BCUT2D eigenvalue weighted by molar-refractivity contribution is 7.90. The number of fused-ring (bicyclic) bond motifs is 1. The zero-order valence-electron chi connectivity index (χ0n) is 18.5. The Hall–Kier alpha value is -3.58. The van der Waals surface area contributed by atoms with E-state index >= 15 is 0 Å². The molecule has 1 aromatic heterocycles. The van der Waals surface area contributed by atoms with Gasteiger partial charge < -0.3 is 9.84 Å². The minimum atomic E-state index is -3.90. The lowest BCUT2D eigenvalue weighted by atomic mass is 10.0. The van der Waals surface area contributed by atoms with E-state index in [2.05, 4.69) is 0 Å². The topological polar surface area (TPSA) is 85.6 Å². The van der Waals surface area contributed by atoms with Gasteiger partial charge in [0.05, 0.1) is 17.0 Å². The van der Waals surface area contributed by atoms with Crippen molar-refractivity contribution in [1.29, 1.82) is 0 Å². The SMILES string of the molecule is CCOc1ccc(-c2cccc(S(=O)(=O)n3cc(CCC(=O)O)c4ccccc43)c2)c(C)c1. The summed E-state index contributed by atoms with van der Waals surface area (Å²) in [6.07, 6.45) is 1.72. The molecule has 4 aromatic rings. The van der Waals surface area contributed by atoms with E-state index in [0.29, 0.717) is 17.7 Å². The van der Waals surface area contributed by atoms with E-state index in [-0.39, 0.29) is 17.7 Å². The van der Waals surface area contributed by atoms with Crippen LogP contribution in [0.3, 0.4) is 0 Å². The number of benzene rings is 3. The van der Waals surface area contributed by atoms with E-state index in [9.17, 15) is 13.2 Å². The van der Waals surface area contributed by atoms with Crippen LogP contribution in [0.25, 0.3) is 22.0 Å². The first-order chi connectivity index (χ1) is 15.8. The van der Waals surface area contributed by atoms with Gasteiger partial charge >= 0.3 is 5.97 Å². The average Bonchev–Trinajstić information content (AvgIpc) is 3.18. The quantitative estimate of drug-likeness (QED) is 0.385. The molecule has 0 saturated carbocycles. The maximum absolute atomic E-state index is 13.6. The number of carboxylic acid groups (broad SMARTS) is 1. The minimum Gasteiger partial charge on any atom is -0.494 e. The third-order valence-electron chi connectivity index (χ3n) is 5.58. The van der Waals surface area contributed by atoms with Crippen LogP contribution in [0.2, 0.25) is 0 Å². The molecule has 0 radical (unpaired) electrons. The Balaban J connectivity index is 1.78. The molecule has 0 aliphatic carbocycles. The third-order valence-corrected chi connectivity index (χ3v) is 7.25. The maximum Gasteiger partial charge on any atom is 0.303 e. The molecule has 7 heteroatoms. The molecule has 1 heterocycles. The van der Waals surface area contributed by atoms with Crippen molar-refractivity contribution in [1.82, 2.24) is 3.97 Å². The number of aryl methyl sites for hydroxylation is 2. The van der Waals surface area contributed by atoms with Crippen molar-refractivity contribution < 1.29 is 23.1 Å². The fraction of sp³-hybridized carbons (Fsp3) is 0.192. The van der Waals surface area contributed by atoms with E-state index in [4.69, 9.17) is 9.84 Å². The van der Waals surface area contributed by atoms with Crippen molar-refractivity contribution in [2.75, 3.05) is 6.61 Å². The number of nitrogens with zero attached hydrogens (tertiary/aromatic N) is 1. The summed E-state index contributed by atoms with van der Waals surface area (Å²) < 4.78 is 34.1. The van der Waals surface area contributed by atoms with Crippen LogP contribution in [-0.4, -0.2) is 30.1 Å². The van der Waals surface area contributed by atoms with Crippen molar-refractivity contribution in [2.24, 2.45) is 0 Å². The van der Waals surface area contributed by atoms with Gasteiger partial charge in [0.15, 0.2) is 0 Å². The highest BCUT2D eigenvalue weighted by Gasteiger charge is 2.22. The lowest BCUT2D eigenvalue weighted by Gasteiger charge is -2.12. The summed E-state index contributed by atoms with van der Waals surface area (Å²) in [4.78, 5) is 11.2. The summed E-state index contributed by atoms with van der Waals surface area (Å²) >= 11 is 0. The molecule has 0 fully saturated rings. The molecule has 0 atom stereocenters. The molecule has 0 aliphatic rings. The molecule has 0 saturated heterocycles. The highest BCUT2D eigenvalue weighted by atomic mass is 32.2. The largest absolute Gasteiger partial charge is 0.494 e. The van der Waals surface area contributed by atoms with Gasteiger partial charge in [-0.3, -0.25) is 4.79 Å². The second kappa shape index (κ2) is 9.11. The number of rotatable bonds is 8. The Labute approximate surface area is 193 Å². The molecule has 170 valence electrons. The molecule has 1 N–H and O–H groups in total. The first-order valence-electron chi connectivity index (χ1n) is 10.7. The summed E-state index contributed by atoms with van der Waals surface area (Å²) in [5, 5.41) is 9.80. The van der Waals surface area contributed by atoms with E-state index in [1.54, 1.807) is 30.3 Å².